The Morgan fingerprint density at radius 3 is 2.85 bits per heavy atom. The summed E-state index contributed by atoms with van der Waals surface area (Å²) in [7, 11) is 3.55. The largest absolute Gasteiger partial charge is 0.493 e. The molecule has 41 heavy (non-hydrogen) atoms. The summed E-state index contributed by atoms with van der Waals surface area (Å²) in [6.45, 7) is 1.79. The SMILES string of the molecule is COc1ccc2c3c1O[C@H]1[C@@H](N(C)C(=O)/C=C/c4cc(Br)cs4)CC[C@@]4(O)[C@@H](C2)N(CCc2ccccc2)CC[C@]314. The lowest BCUT2D eigenvalue weighted by Gasteiger charge is -2.64. The molecule has 0 radical (unpaired) electrons. The van der Waals surface area contributed by atoms with Crippen molar-refractivity contribution in [2.24, 2.45) is 0 Å². The molecule has 8 heteroatoms. The number of ether oxygens (including phenoxy) is 2. The van der Waals surface area contributed by atoms with Crippen LogP contribution in [0.5, 0.6) is 11.5 Å². The van der Waals surface area contributed by atoms with Gasteiger partial charge in [-0.25, -0.2) is 0 Å². The predicted molar refractivity (Wildman–Crippen MR) is 165 cm³/mol. The zero-order chi connectivity index (χ0) is 28.4. The minimum atomic E-state index is -0.948. The van der Waals surface area contributed by atoms with E-state index in [4.69, 9.17) is 9.47 Å². The number of rotatable bonds is 7. The third-order valence-electron chi connectivity index (χ3n) is 10.1. The molecule has 1 spiro atoms. The number of amides is 1. The molecule has 1 saturated heterocycles. The molecule has 1 saturated carbocycles. The van der Waals surface area contributed by atoms with Gasteiger partial charge >= 0.3 is 0 Å². The Kier molecular flexibility index (Phi) is 6.81. The minimum Gasteiger partial charge on any atom is -0.493 e. The number of halogens is 1. The van der Waals surface area contributed by atoms with Gasteiger partial charge in [-0.1, -0.05) is 36.4 Å². The van der Waals surface area contributed by atoms with Crippen LogP contribution in [-0.4, -0.2) is 71.8 Å². The number of hydrogen-bond donors (Lipinski definition) is 1. The number of hydrogen-bond acceptors (Lipinski definition) is 6. The third kappa shape index (κ3) is 4.13. The first kappa shape index (κ1) is 27.2. The fourth-order valence-corrected chi connectivity index (χ4v) is 9.52. The quantitative estimate of drug-likeness (QED) is 0.350. The van der Waals surface area contributed by atoms with Crippen LogP contribution in [0.15, 0.2) is 64.5 Å². The van der Waals surface area contributed by atoms with Crippen LogP contribution < -0.4 is 9.47 Å². The van der Waals surface area contributed by atoms with E-state index in [1.165, 1.54) is 11.1 Å². The van der Waals surface area contributed by atoms with Crippen LogP contribution in [0.1, 0.15) is 40.8 Å². The first-order chi connectivity index (χ1) is 19.9. The molecule has 2 fully saturated rings. The highest BCUT2D eigenvalue weighted by Gasteiger charge is 2.73. The molecule has 0 unspecified atom stereocenters. The minimum absolute atomic E-state index is 0.00274. The Balaban J connectivity index is 1.23. The van der Waals surface area contributed by atoms with E-state index < -0.39 is 11.0 Å². The van der Waals surface area contributed by atoms with E-state index >= 15 is 0 Å². The van der Waals surface area contributed by atoms with Crippen molar-refractivity contribution < 1.29 is 19.4 Å². The summed E-state index contributed by atoms with van der Waals surface area (Å²) >= 11 is 5.08. The number of likely N-dealkylation sites (tertiary alicyclic amines) is 1. The van der Waals surface area contributed by atoms with E-state index in [0.29, 0.717) is 18.6 Å². The topological polar surface area (TPSA) is 62.2 Å². The van der Waals surface area contributed by atoms with Gasteiger partial charge in [-0.2, -0.15) is 0 Å². The molecule has 2 aliphatic carbocycles. The maximum Gasteiger partial charge on any atom is 0.246 e. The number of piperidine rings is 1. The normalized spacial score (nSPS) is 29.7. The Morgan fingerprint density at radius 1 is 1.27 bits per heavy atom. The highest BCUT2D eigenvalue weighted by molar-refractivity contribution is 9.10. The molecule has 4 aliphatic rings. The van der Waals surface area contributed by atoms with Gasteiger partial charge in [-0.05, 0) is 83.9 Å². The number of aliphatic hydroxyl groups is 1. The van der Waals surface area contributed by atoms with Crippen LogP contribution >= 0.6 is 27.3 Å². The monoisotopic (exact) mass is 634 g/mol. The molecular weight excluding hydrogens is 600 g/mol. The molecular formula is C33H35BrN2O4S. The smallest absolute Gasteiger partial charge is 0.246 e. The van der Waals surface area contributed by atoms with Crippen LogP contribution in [0, 0.1) is 0 Å². The summed E-state index contributed by atoms with van der Waals surface area (Å²) in [4.78, 5) is 18.8. The first-order valence-electron chi connectivity index (χ1n) is 14.4. The van der Waals surface area contributed by atoms with E-state index in [-0.39, 0.29) is 24.1 Å². The lowest BCUT2D eigenvalue weighted by Crippen LogP contribution is -2.78. The summed E-state index contributed by atoms with van der Waals surface area (Å²) in [5.41, 5.74) is 2.14. The maximum absolute atomic E-state index is 13.5. The molecule has 2 aromatic carbocycles. The van der Waals surface area contributed by atoms with E-state index in [1.54, 1.807) is 24.5 Å². The van der Waals surface area contributed by atoms with E-state index in [9.17, 15) is 9.90 Å². The average Bonchev–Trinajstić information content (AvgIpc) is 3.56. The van der Waals surface area contributed by atoms with Crippen LogP contribution in [0.3, 0.4) is 0 Å². The average molecular weight is 636 g/mol. The molecule has 1 amide bonds. The van der Waals surface area contributed by atoms with Crippen molar-refractivity contribution in [3.8, 4) is 11.5 Å². The van der Waals surface area contributed by atoms with Crippen LogP contribution in [0.25, 0.3) is 6.08 Å². The molecule has 6 nitrogen and oxygen atoms in total. The van der Waals surface area contributed by atoms with Gasteiger partial charge < -0.3 is 19.5 Å². The number of carbonyl (C=O) groups is 1. The molecule has 7 rings (SSSR count). The molecule has 1 aromatic heterocycles. The van der Waals surface area contributed by atoms with Gasteiger partial charge in [-0.15, -0.1) is 11.3 Å². The number of nitrogens with zero attached hydrogens (tertiary/aromatic N) is 2. The van der Waals surface area contributed by atoms with Gasteiger partial charge in [-0.3, -0.25) is 9.69 Å². The maximum atomic E-state index is 13.5. The van der Waals surface area contributed by atoms with Crippen molar-refractivity contribution in [2.75, 3.05) is 27.2 Å². The number of methoxy groups -OCH3 is 1. The molecule has 5 atom stereocenters. The van der Waals surface area contributed by atoms with Gasteiger partial charge in [0.2, 0.25) is 5.91 Å². The van der Waals surface area contributed by atoms with E-state index in [2.05, 4.69) is 57.2 Å². The fraction of sp³-hybridized carbons (Fsp3) is 0.424. The zero-order valence-corrected chi connectivity index (χ0v) is 25.8. The van der Waals surface area contributed by atoms with Crippen molar-refractivity contribution in [3.05, 3.63) is 86.0 Å². The lowest BCUT2D eigenvalue weighted by molar-refractivity contribution is -0.199. The second kappa shape index (κ2) is 10.3. The molecule has 2 bridgehead atoms. The van der Waals surface area contributed by atoms with Gasteiger partial charge in [0.1, 0.15) is 6.10 Å². The fourth-order valence-electron chi connectivity index (χ4n) is 8.19. The van der Waals surface area contributed by atoms with Crippen molar-refractivity contribution >= 4 is 39.2 Å². The summed E-state index contributed by atoms with van der Waals surface area (Å²) in [5.74, 6) is 1.41. The van der Waals surface area contributed by atoms with Crippen molar-refractivity contribution in [1.82, 2.24) is 9.80 Å². The zero-order valence-electron chi connectivity index (χ0n) is 23.4. The second-order valence-electron chi connectivity index (χ2n) is 11.9. The molecule has 2 aliphatic heterocycles. The Morgan fingerprint density at radius 2 is 2.10 bits per heavy atom. The summed E-state index contributed by atoms with van der Waals surface area (Å²) < 4.78 is 13.6. The van der Waals surface area contributed by atoms with Gasteiger partial charge in [0, 0.05) is 46.0 Å². The summed E-state index contributed by atoms with van der Waals surface area (Å²) in [5, 5.41) is 14.9. The summed E-state index contributed by atoms with van der Waals surface area (Å²) in [6.07, 6.45) is 7.01. The first-order valence-corrected chi connectivity index (χ1v) is 16.1. The van der Waals surface area contributed by atoms with E-state index in [1.807, 2.05) is 35.5 Å². The molecule has 3 aromatic rings. The van der Waals surface area contributed by atoms with Crippen molar-refractivity contribution in [3.63, 3.8) is 0 Å². The Labute approximate surface area is 253 Å². The second-order valence-corrected chi connectivity index (χ2v) is 13.7. The number of likely N-dealkylation sites (N-methyl/N-ethyl adjacent to an activating group) is 1. The Bertz CT molecular complexity index is 1510. The predicted octanol–water partition coefficient (Wildman–Crippen LogP) is 5.46. The number of thiophene rings is 1. The van der Waals surface area contributed by atoms with Crippen molar-refractivity contribution in [2.45, 2.75) is 61.3 Å². The molecule has 214 valence electrons. The van der Waals surface area contributed by atoms with Crippen molar-refractivity contribution in [1.29, 1.82) is 0 Å². The van der Waals surface area contributed by atoms with Gasteiger partial charge in [0.25, 0.3) is 0 Å². The van der Waals surface area contributed by atoms with Crippen LogP contribution in [0.2, 0.25) is 0 Å². The highest BCUT2D eigenvalue weighted by Crippen LogP contribution is 2.65. The third-order valence-corrected chi connectivity index (χ3v) is 11.8. The number of benzene rings is 2. The van der Waals surface area contributed by atoms with Gasteiger partial charge in [0.15, 0.2) is 11.5 Å². The highest BCUT2D eigenvalue weighted by atomic mass is 79.9. The lowest BCUT2D eigenvalue weighted by atomic mass is 9.48. The standard InChI is InChI=1S/C33H35BrN2O4S/c1-35(28(37)11-9-24-19-23(34)20-41-24)25-12-14-33(38)27-18-22-8-10-26(39-2)30-29(22)32(33,31(25)40-30)15-17-36(27)16-13-21-6-4-3-5-7-21/h3-11,19-20,25,27,31,38H,12-18H2,1-2H3/b11-9+/t25-,27+,31-,32-,33+/m0/s1. The Hall–Kier alpha value is -2.65. The van der Waals surface area contributed by atoms with E-state index in [0.717, 1.165) is 53.0 Å². The number of carbonyl (C=O) groups excluding carboxylic acids is 1. The summed E-state index contributed by atoms with van der Waals surface area (Å²) in [6, 6.07) is 16.6. The molecule has 1 N–H and O–H groups in total. The van der Waals surface area contributed by atoms with Crippen LogP contribution in [0.4, 0.5) is 0 Å². The van der Waals surface area contributed by atoms with Crippen LogP contribution in [-0.2, 0) is 23.1 Å². The van der Waals surface area contributed by atoms with Gasteiger partial charge in [0.05, 0.1) is 24.2 Å². The molecule has 3 heterocycles.